The summed E-state index contributed by atoms with van der Waals surface area (Å²) in [7, 11) is 3.30. The molecule has 0 saturated carbocycles. The number of methoxy groups -OCH3 is 2. The molecule has 0 aliphatic rings. The van der Waals surface area contributed by atoms with E-state index in [0.29, 0.717) is 37.1 Å². The van der Waals surface area contributed by atoms with Crippen LogP contribution in [0, 0.1) is 11.8 Å². The van der Waals surface area contributed by atoms with Crippen molar-refractivity contribution in [1.82, 2.24) is 10.3 Å². The molecule has 1 amide bonds. The molecule has 4 N–H and O–H groups in total. The number of pyridine rings is 1. The van der Waals surface area contributed by atoms with Gasteiger partial charge in [0.25, 0.3) is 0 Å². The molecule has 0 fully saturated rings. The van der Waals surface area contributed by atoms with Crippen LogP contribution in [0.1, 0.15) is 51.7 Å². The van der Waals surface area contributed by atoms with Gasteiger partial charge in [-0.25, -0.2) is 0 Å². The quantitative estimate of drug-likeness (QED) is 0.250. The van der Waals surface area contributed by atoms with E-state index in [2.05, 4.69) is 24.1 Å². The average Bonchev–Trinajstić information content (AvgIpc) is 2.89. The molecule has 1 aromatic heterocycles. The monoisotopic (exact) mass is 587 g/mol. The van der Waals surface area contributed by atoms with Gasteiger partial charge in [0, 0.05) is 45.1 Å². The molecule has 1 heterocycles. The topological polar surface area (TPSA) is 116 Å². The van der Waals surface area contributed by atoms with Crippen LogP contribution >= 0.6 is 24.8 Å². The molecule has 8 nitrogen and oxygen atoms in total. The number of hydrogen-bond acceptors (Lipinski definition) is 7. The predicted molar refractivity (Wildman–Crippen MR) is 160 cm³/mol. The highest BCUT2D eigenvalue weighted by atomic mass is 35.5. The Kier molecular flexibility index (Phi) is 17.3. The Morgan fingerprint density at radius 1 is 1.13 bits per heavy atom. The molecular formula is C29H47Cl2N3O5. The Hall–Kier alpha value is -2.10. The highest BCUT2D eigenvalue weighted by molar-refractivity contribution is 5.87. The van der Waals surface area contributed by atoms with Gasteiger partial charge in [0.2, 0.25) is 5.91 Å². The molecule has 0 aliphatic heterocycles. The van der Waals surface area contributed by atoms with Gasteiger partial charge in [-0.15, -0.1) is 24.8 Å². The van der Waals surface area contributed by atoms with Crippen LogP contribution in [0.3, 0.4) is 0 Å². The SMILES string of the molecule is COCCCOc1cc(C[C@@H](C[C@H](N)[C@@H](O)CNC(=O)C(C)(C)c2cccnc2)C(C)C)ccc1OC.Cl.Cl. The molecule has 0 aliphatic carbocycles. The van der Waals surface area contributed by atoms with Gasteiger partial charge < -0.3 is 30.4 Å². The van der Waals surface area contributed by atoms with Crippen LogP contribution in [-0.4, -0.2) is 62.1 Å². The highest BCUT2D eigenvalue weighted by Crippen LogP contribution is 2.31. The van der Waals surface area contributed by atoms with E-state index in [4.69, 9.17) is 19.9 Å². The molecule has 0 saturated heterocycles. The maximum absolute atomic E-state index is 12.8. The lowest BCUT2D eigenvalue weighted by Gasteiger charge is -2.29. The zero-order chi connectivity index (χ0) is 27.4. The summed E-state index contributed by atoms with van der Waals surface area (Å²) in [4.78, 5) is 16.9. The first kappa shape index (κ1) is 36.9. The summed E-state index contributed by atoms with van der Waals surface area (Å²) in [5.74, 6) is 1.82. The van der Waals surface area contributed by atoms with Crippen molar-refractivity contribution in [3.63, 3.8) is 0 Å². The number of nitrogens with one attached hydrogen (secondary N) is 1. The predicted octanol–water partition coefficient (Wildman–Crippen LogP) is 4.34. The van der Waals surface area contributed by atoms with Crippen molar-refractivity contribution >= 4 is 30.7 Å². The van der Waals surface area contributed by atoms with Gasteiger partial charge in [-0.3, -0.25) is 9.78 Å². The fraction of sp³-hybridized carbons (Fsp3) is 0.586. The Balaban J connectivity index is 0.00000722. The smallest absolute Gasteiger partial charge is 0.230 e. The zero-order valence-corrected chi connectivity index (χ0v) is 25.6. The second kappa shape index (κ2) is 18.3. The molecule has 0 spiro atoms. The van der Waals surface area contributed by atoms with E-state index in [1.165, 1.54) is 0 Å². The summed E-state index contributed by atoms with van der Waals surface area (Å²) in [5.41, 5.74) is 7.58. The van der Waals surface area contributed by atoms with Crippen molar-refractivity contribution in [3.8, 4) is 11.5 Å². The van der Waals surface area contributed by atoms with Gasteiger partial charge in [-0.1, -0.05) is 26.0 Å². The summed E-state index contributed by atoms with van der Waals surface area (Å²) >= 11 is 0. The fourth-order valence-electron chi connectivity index (χ4n) is 4.18. The second-order valence-corrected chi connectivity index (χ2v) is 10.4. The number of ether oxygens (including phenoxy) is 3. The van der Waals surface area contributed by atoms with Crippen molar-refractivity contribution < 1.29 is 24.1 Å². The standard InChI is InChI=1S/C29H45N3O5.2ClH/c1-20(2)22(15-21-10-11-26(36-6)27(16-21)37-14-8-13-35-5)17-24(30)25(33)19-32-28(34)29(3,4)23-9-7-12-31-18-23;;/h7,9-12,16,18,20,22,24-25,33H,8,13-15,17,19,30H2,1-6H3,(H,32,34);2*1H/t22-,24-,25-;;/m0../s1. The number of hydrogen-bond donors (Lipinski definition) is 3. The lowest BCUT2D eigenvalue weighted by Crippen LogP contribution is -2.48. The van der Waals surface area contributed by atoms with E-state index in [0.717, 1.165) is 24.0 Å². The molecule has 10 heteroatoms. The minimum absolute atomic E-state index is 0. The third-order valence-electron chi connectivity index (χ3n) is 6.91. The van der Waals surface area contributed by atoms with Crippen molar-refractivity contribution in [3.05, 3.63) is 53.9 Å². The van der Waals surface area contributed by atoms with Gasteiger partial charge in [0.15, 0.2) is 11.5 Å². The Morgan fingerprint density at radius 3 is 2.44 bits per heavy atom. The van der Waals surface area contributed by atoms with Crippen LogP contribution in [0.15, 0.2) is 42.7 Å². The van der Waals surface area contributed by atoms with E-state index in [1.807, 2.05) is 38.1 Å². The number of carbonyl (C=O) groups is 1. The Morgan fingerprint density at radius 2 is 1.85 bits per heavy atom. The second-order valence-electron chi connectivity index (χ2n) is 10.4. The molecule has 3 atom stereocenters. The van der Waals surface area contributed by atoms with Crippen LogP contribution in [0.4, 0.5) is 0 Å². The number of halogens is 2. The Bertz CT molecular complexity index is 963. The number of carbonyl (C=O) groups excluding carboxylic acids is 1. The molecule has 0 radical (unpaired) electrons. The molecule has 2 aromatic rings. The minimum atomic E-state index is -0.856. The number of aromatic nitrogens is 1. The van der Waals surface area contributed by atoms with Gasteiger partial charge in [0.05, 0.1) is 25.2 Å². The third kappa shape index (κ3) is 11.5. The summed E-state index contributed by atoms with van der Waals surface area (Å²) < 4.78 is 16.5. The first-order valence-corrected chi connectivity index (χ1v) is 13.0. The maximum Gasteiger partial charge on any atom is 0.230 e. The maximum atomic E-state index is 12.8. The van der Waals surface area contributed by atoms with Crippen LogP contribution in [0.5, 0.6) is 11.5 Å². The Labute approximate surface area is 246 Å². The fourth-order valence-corrected chi connectivity index (χ4v) is 4.18. The summed E-state index contributed by atoms with van der Waals surface area (Å²) in [5, 5.41) is 13.6. The molecule has 222 valence electrons. The molecule has 1 aromatic carbocycles. The number of aliphatic hydroxyl groups excluding tert-OH is 1. The number of aliphatic hydroxyl groups is 1. The van der Waals surface area contributed by atoms with E-state index >= 15 is 0 Å². The molecular weight excluding hydrogens is 541 g/mol. The number of nitrogens with zero attached hydrogens (tertiary/aromatic N) is 1. The van der Waals surface area contributed by atoms with Crippen molar-refractivity contribution in [2.45, 2.75) is 64.5 Å². The largest absolute Gasteiger partial charge is 0.493 e. The van der Waals surface area contributed by atoms with Crippen LogP contribution in [0.2, 0.25) is 0 Å². The lowest BCUT2D eigenvalue weighted by molar-refractivity contribution is -0.126. The average molecular weight is 589 g/mol. The van der Waals surface area contributed by atoms with Crippen LogP contribution in [0.25, 0.3) is 0 Å². The van der Waals surface area contributed by atoms with Gasteiger partial charge in [0.1, 0.15) is 0 Å². The summed E-state index contributed by atoms with van der Waals surface area (Å²) in [6.45, 7) is 9.27. The van der Waals surface area contributed by atoms with Crippen LogP contribution < -0.4 is 20.5 Å². The number of nitrogens with two attached hydrogens (primary N) is 1. The normalized spacial score (nSPS) is 13.5. The van der Waals surface area contributed by atoms with E-state index < -0.39 is 17.6 Å². The van der Waals surface area contributed by atoms with E-state index in [9.17, 15) is 9.90 Å². The van der Waals surface area contributed by atoms with Crippen molar-refractivity contribution in [2.24, 2.45) is 17.6 Å². The summed E-state index contributed by atoms with van der Waals surface area (Å²) in [6, 6.07) is 9.18. The van der Waals surface area contributed by atoms with Crippen molar-refractivity contribution in [1.29, 1.82) is 0 Å². The molecule has 39 heavy (non-hydrogen) atoms. The highest BCUT2D eigenvalue weighted by Gasteiger charge is 2.31. The number of rotatable bonds is 16. The number of benzene rings is 1. The van der Waals surface area contributed by atoms with E-state index in [1.54, 1.807) is 32.7 Å². The van der Waals surface area contributed by atoms with Gasteiger partial charge >= 0.3 is 0 Å². The third-order valence-corrected chi connectivity index (χ3v) is 6.91. The number of amides is 1. The van der Waals surface area contributed by atoms with Gasteiger partial charge in [-0.05, 0) is 67.9 Å². The molecule has 2 rings (SSSR count). The lowest BCUT2D eigenvalue weighted by atomic mass is 9.83. The zero-order valence-electron chi connectivity index (χ0n) is 24.0. The van der Waals surface area contributed by atoms with Crippen LogP contribution in [-0.2, 0) is 21.4 Å². The molecule has 0 bridgehead atoms. The minimum Gasteiger partial charge on any atom is -0.493 e. The van der Waals surface area contributed by atoms with Gasteiger partial charge in [-0.2, -0.15) is 0 Å². The first-order valence-electron chi connectivity index (χ1n) is 13.0. The molecule has 0 unspecified atom stereocenters. The van der Waals surface area contributed by atoms with Crippen molar-refractivity contribution in [2.75, 3.05) is 34.0 Å². The summed E-state index contributed by atoms with van der Waals surface area (Å²) in [6.07, 6.45) is 4.71. The van der Waals surface area contributed by atoms with E-state index in [-0.39, 0.29) is 43.2 Å². The first-order chi connectivity index (χ1) is 17.6.